The molecule has 0 saturated heterocycles. The van der Waals surface area contributed by atoms with Crippen molar-refractivity contribution in [1.29, 1.82) is 0 Å². The molecule has 0 bridgehead atoms. The van der Waals surface area contributed by atoms with E-state index in [0.717, 1.165) is 37.0 Å². The van der Waals surface area contributed by atoms with Gasteiger partial charge in [-0.3, -0.25) is 9.36 Å². The van der Waals surface area contributed by atoms with Crippen LogP contribution in [-0.4, -0.2) is 42.5 Å². The summed E-state index contributed by atoms with van der Waals surface area (Å²) in [6.07, 6.45) is 4.43. The van der Waals surface area contributed by atoms with Crippen LogP contribution in [0.2, 0.25) is 0 Å². The maximum absolute atomic E-state index is 13.6. The summed E-state index contributed by atoms with van der Waals surface area (Å²) in [6.45, 7) is 12.1. The van der Waals surface area contributed by atoms with Crippen LogP contribution in [-0.2, 0) is 13.9 Å². The van der Waals surface area contributed by atoms with Crippen molar-refractivity contribution in [2.75, 3.05) is 30.4 Å². The number of carbonyl (C=O) groups is 2. The Morgan fingerprint density at radius 2 is 1.82 bits per heavy atom. The number of aromatic carboxylic acids is 1. The number of carboxylic acid groups (broad SMARTS) is 1. The van der Waals surface area contributed by atoms with Crippen molar-refractivity contribution in [2.24, 2.45) is 17.3 Å². The molecule has 0 atom stereocenters. The van der Waals surface area contributed by atoms with Gasteiger partial charge in [-0.2, -0.15) is 0 Å². The molecule has 0 spiro atoms. The smallest absolute Gasteiger partial charge is 0.348 e. The van der Waals surface area contributed by atoms with E-state index < -0.39 is 13.3 Å². The van der Waals surface area contributed by atoms with E-state index in [9.17, 15) is 19.3 Å². The summed E-state index contributed by atoms with van der Waals surface area (Å²) in [7, 11) is -2.73. The van der Waals surface area contributed by atoms with Crippen molar-refractivity contribution in [3.8, 4) is 11.8 Å². The van der Waals surface area contributed by atoms with Crippen LogP contribution in [0, 0.1) is 29.1 Å². The molecule has 1 aromatic rings. The first kappa shape index (κ1) is 27.6. The Hall–Kier alpha value is -1.61. The van der Waals surface area contributed by atoms with Crippen LogP contribution in [0.3, 0.4) is 0 Å². The third kappa shape index (κ3) is 7.98. The lowest BCUT2D eigenvalue weighted by atomic mass is 9.82. The van der Waals surface area contributed by atoms with E-state index in [1.54, 1.807) is 11.0 Å². The van der Waals surface area contributed by atoms with Gasteiger partial charge in [-0.25, -0.2) is 4.79 Å². The summed E-state index contributed by atoms with van der Waals surface area (Å²) < 4.78 is 18.4. The van der Waals surface area contributed by atoms with E-state index >= 15 is 0 Å². The summed E-state index contributed by atoms with van der Waals surface area (Å²) in [5.41, 5.74) is 0.137. The highest BCUT2D eigenvalue weighted by molar-refractivity contribution is 7.58. The third-order valence-electron chi connectivity index (χ3n) is 5.99. The van der Waals surface area contributed by atoms with Gasteiger partial charge in [0.15, 0.2) is 0 Å². The van der Waals surface area contributed by atoms with Crippen LogP contribution in [0.4, 0.5) is 5.69 Å². The Balaban J connectivity index is 2.39. The molecule has 2 rings (SSSR count). The average Bonchev–Trinajstić information content (AvgIpc) is 3.19. The average molecular weight is 496 g/mol. The van der Waals surface area contributed by atoms with Gasteiger partial charge in [0.2, 0.25) is 13.3 Å². The highest BCUT2D eigenvalue weighted by Gasteiger charge is 2.32. The number of amides is 1. The zero-order valence-electron chi connectivity index (χ0n) is 20.8. The Morgan fingerprint density at radius 1 is 1.21 bits per heavy atom. The molecule has 1 aliphatic carbocycles. The van der Waals surface area contributed by atoms with Gasteiger partial charge in [0.1, 0.15) is 4.88 Å². The van der Waals surface area contributed by atoms with E-state index in [-0.39, 0.29) is 35.3 Å². The van der Waals surface area contributed by atoms with Gasteiger partial charge >= 0.3 is 5.97 Å². The monoisotopic (exact) mass is 495 g/mol. The molecular weight excluding hydrogens is 457 g/mol. The zero-order valence-corrected chi connectivity index (χ0v) is 22.5. The predicted octanol–water partition coefficient (Wildman–Crippen LogP) is 6.34. The van der Waals surface area contributed by atoms with Crippen molar-refractivity contribution < 1.29 is 23.8 Å². The molecule has 0 radical (unpaired) electrons. The number of rotatable bonds is 9. The number of hydrogen-bond acceptors (Lipinski definition) is 5. The first-order chi connectivity index (χ1) is 15.4. The second kappa shape index (κ2) is 11.7. The fraction of sp³-hybridized carbons (Fsp3) is 0.680. The predicted molar refractivity (Wildman–Crippen MR) is 136 cm³/mol. The summed E-state index contributed by atoms with van der Waals surface area (Å²) >= 11 is 1.09. The quantitative estimate of drug-likeness (QED) is 0.319. The summed E-state index contributed by atoms with van der Waals surface area (Å²) in [4.78, 5) is 27.9. The van der Waals surface area contributed by atoms with Gasteiger partial charge in [0.05, 0.1) is 17.2 Å². The van der Waals surface area contributed by atoms with Gasteiger partial charge in [-0.05, 0) is 58.4 Å². The summed E-state index contributed by atoms with van der Waals surface area (Å²) in [5, 5.41) is 9.86. The molecule has 0 aromatic carbocycles. The second-order valence-electron chi connectivity index (χ2n) is 9.86. The van der Waals surface area contributed by atoms with E-state index in [4.69, 9.17) is 4.52 Å². The molecule has 1 N–H and O–H groups in total. The highest BCUT2D eigenvalue weighted by Crippen LogP contribution is 2.45. The van der Waals surface area contributed by atoms with Crippen LogP contribution in [0.25, 0.3) is 0 Å². The molecule has 0 unspecified atom stereocenters. The fourth-order valence-corrected chi connectivity index (χ4v) is 5.91. The lowest BCUT2D eigenvalue weighted by molar-refractivity contribution is -0.123. The lowest BCUT2D eigenvalue weighted by Crippen LogP contribution is -2.40. The highest BCUT2D eigenvalue weighted by atomic mass is 32.1. The van der Waals surface area contributed by atoms with Gasteiger partial charge < -0.3 is 14.5 Å². The Morgan fingerprint density at radius 3 is 2.33 bits per heavy atom. The summed E-state index contributed by atoms with van der Waals surface area (Å²) in [6, 6.07) is 1.70. The molecule has 1 fully saturated rings. The molecule has 33 heavy (non-hydrogen) atoms. The Kier molecular flexibility index (Phi) is 9.79. The van der Waals surface area contributed by atoms with Crippen molar-refractivity contribution in [1.82, 2.24) is 0 Å². The lowest BCUT2D eigenvalue weighted by Gasteiger charge is -2.31. The Labute approximate surface area is 202 Å². The minimum absolute atomic E-state index is 0.0797. The minimum Gasteiger partial charge on any atom is -0.477 e. The number of carboxylic acids is 1. The largest absolute Gasteiger partial charge is 0.477 e. The number of carbonyl (C=O) groups excluding carboxylic acids is 1. The van der Waals surface area contributed by atoms with E-state index in [1.807, 2.05) is 34.6 Å². The molecule has 1 saturated carbocycles. The number of anilines is 1. The minimum atomic E-state index is -2.73. The van der Waals surface area contributed by atoms with Crippen LogP contribution < -0.4 is 4.90 Å². The topological polar surface area (TPSA) is 83.9 Å². The van der Waals surface area contributed by atoms with Crippen molar-refractivity contribution in [3.05, 3.63) is 15.8 Å². The van der Waals surface area contributed by atoms with Crippen LogP contribution in [0.1, 0.15) is 81.8 Å². The number of thiophene rings is 1. The molecule has 1 aromatic heterocycles. The molecule has 1 amide bonds. The number of nitrogens with zero attached hydrogens (tertiary/aromatic N) is 1. The Bertz CT molecular complexity index is 936. The number of hydrogen-bond donors (Lipinski definition) is 1. The molecule has 6 nitrogen and oxygen atoms in total. The van der Waals surface area contributed by atoms with Gasteiger partial charge in [0.25, 0.3) is 0 Å². The van der Waals surface area contributed by atoms with Gasteiger partial charge in [0, 0.05) is 30.2 Å². The first-order valence-corrected chi connectivity index (χ1v) is 14.6. The first-order valence-electron chi connectivity index (χ1n) is 11.8. The second-order valence-corrected chi connectivity index (χ2v) is 14.1. The fourth-order valence-electron chi connectivity index (χ4n) is 3.83. The van der Waals surface area contributed by atoms with Crippen LogP contribution >= 0.6 is 18.7 Å². The van der Waals surface area contributed by atoms with E-state index in [2.05, 4.69) is 18.8 Å². The van der Waals surface area contributed by atoms with Crippen LogP contribution in [0.5, 0.6) is 0 Å². The van der Waals surface area contributed by atoms with Gasteiger partial charge in [-0.15, -0.1) is 11.3 Å². The normalized spacial score (nSPS) is 19.0. The van der Waals surface area contributed by atoms with Crippen molar-refractivity contribution in [3.63, 3.8) is 0 Å². The molecule has 0 aliphatic heterocycles. The molecular formula is C25H38NO5PS. The van der Waals surface area contributed by atoms with Crippen molar-refractivity contribution >= 4 is 36.3 Å². The third-order valence-corrected chi connectivity index (χ3v) is 9.60. The molecule has 184 valence electrons. The maximum atomic E-state index is 13.6. The standard InChI is InChI=1S/C25H38NO5PS/c1-7-32(30,8-2)31-16-15-26(23(27)19-11-9-18(3)10-12-19)21-17-20(13-14-25(4,5)6)33-22(21)24(28)29/h17-19H,7-12,15-16H2,1-6H3,(H,28,29)/t18-,19-. The maximum Gasteiger partial charge on any atom is 0.348 e. The van der Waals surface area contributed by atoms with E-state index in [0.29, 0.717) is 28.8 Å². The van der Waals surface area contributed by atoms with Crippen molar-refractivity contribution in [2.45, 2.75) is 67.2 Å². The molecule has 1 aliphatic rings. The SMILES string of the molecule is CCP(=O)(CC)OCCN(c1cc(C#CC(C)(C)C)sc1C(=O)O)C(=O)[C@H]1CC[C@H](C)CC1. The zero-order chi connectivity index (χ0) is 24.8. The van der Waals surface area contributed by atoms with Crippen LogP contribution in [0.15, 0.2) is 6.07 Å². The molecule has 8 heteroatoms. The van der Waals surface area contributed by atoms with E-state index in [1.165, 1.54) is 0 Å². The van der Waals surface area contributed by atoms with Gasteiger partial charge in [-0.1, -0.05) is 32.6 Å². The molecule has 1 heterocycles. The summed E-state index contributed by atoms with van der Waals surface area (Å²) in [5.74, 6) is 5.50.